The molecule has 5 heteroatoms. The van der Waals surface area contributed by atoms with Crippen LogP contribution in [0, 0.1) is 6.92 Å². The Hall–Kier alpha value is -3.34. The Bertz CT molecular complexity index is 1020. The first-order valence-electron chi connectivity index (χ1n) is 7.60. The van der Waals surface area contributed by atoms with Crippen LogP contribution in [0.25, 0.3) is 16.9 Å². The molecule has 0 saturated heterocycles. The average molecular weight is 317 g/mol. The van der Waals surface area contributed by atoms with Gasteiger partial charge in [0.05, 0.1) is 12.0 Å². The van der Waals surface area contributed by atoms with E-state index in [9.17, 15) is 4.79 Å². The highest BCUT2D eigenvalue weighted by molar-refractivity contribution is 6.02. The lowest BCUT2D eigenvalue weighted by molar-refractivity contribution is 0.0996. The highest BCUT2D eigenvalue weighted by atomic mass is 16.3. The van der Waals surface area contributed by atoms with E-state index in [0.29, 0.717) is 5.69 Å². The molecule has 0 atom stereocenters. The summed E-state index contributed by atoms with van der Waals surface area (Å²) in [6.07, 6.45) is 5.49. The van der Waals surface area contributed by atoms with Crippen molar-refractivity contribution in [2.75, 3.05) is 5.32 Å². The predicted octanol–water partition coefficient (Wildman–Crippen LogP) is 4.16. The third-order valence-electron chi connectivity index (χ3n) is 3.76. The molecule has 1 N–H and O–H groups in total. The topological polar surface area (TPSA) is 59.5 Å². The number of aryl methyl sites for hydroxylation is 1. The van der Waals surface area contributed by atoms with Crippen molar-refractivity contribution >= 4 is 17.2 Å². The first-order chi connectivity index (χ1) is 11.7. The lowest BCUT2D eigenvalue weighted by atomic mass is 10.1. The quantitative estimate of drug-likeness (QED) is 0.617. The normalized spacial score (nSPS) is 10.9. The van der Waals surface area contributed by atoms with Crippen LogP contribution >= 0.6 is 0 Å². The molecule has 24 heavy (non-hydrogen) atoms. The van der Waals surface area contributed by atoms with Crippen LogP contribution in [0.2, 0.25) is 0 Å². The Balaban J connectivity index is 1.65. The molecule has 0 saturated carbocycles. The van der Waals surface area contributed by atoms with Gasteiger partial charge >= 0.3 is 0 Å². The van der Waals surface area contributed by atoms with Crippen LogP contribution in [0.3, 0.4) is 0 Å². The highest BCUT2D eigenvalue weighted by Crippen LogP contribution is 2.23. The Morgan fingerprint density at radius 1 is 1.12 bits per heavy atom. The van der Waals surface area contributed by atoms with Crippen molar-refractivity contribution in [3.63, 3.8) is 0 Å². The number of hydrogen-bond donors (Lipinski definition) is 1. The van der Waals surface area contributed by atoms with Gasteiger partial charge in [0, 0.05) is 23.6 Å². The zero-order valence-corrected chi connectivity index (χ0v) is 13.1. The number of carbonyl (C=O) groups is 1. The molecule has 3 aromatic heterocycles. The van der Waals surface area contributed by atoms with E-state index in [2.05, 4.69) is 10.3 Å². The van der Waals surface area contributed by atoms with Crippen LogP contribution in [-0.4, -0.2) is 15.3 Å². The fourth-order valence-corrected chi connectivity index (χ4v) is 2.60. The molecule has 4 aromatic rings. The van der Waals surface area contributed by atoms with E-state index in [1.54, 1.807) is 12.1 Å². The molecule has 0 spiro atoms. The summed E-state index contributed by atoms with van der Waals surface area (Å²) in [5, 5.41) is 2.83. The molecule has 0 aliphatic carbocycles. The molecular weight excluding hydrogens is 302 g/mol. The number of fused-ring (bicyclic) bond motifs is 1. The van der Waals surface area contributed by atoms with Gasteiger partial charge in [0.2, 0.25) is 0 Å². The fraction of sp³-hybridized carbons (Fsp3) is 0.0526. The SMILES string of the molecule is Cc1ccc2nc(-c3cccc(NC(=O)c4ccco4)c3)cn2c1. The molecule has 4 rings (SSSR count). The number of carbonyl (C=O) groups excluding carboxylic acids is 1. The van der Waals surface area contributed by atoms with Crippen molar-refractivity contribution in [2.24, 2.45) is 0 Å². The van der Waals surface area contributed by atoms with E-state index < -0.39 is 0 Å². The van der Waals surface area contributed by atoms with Crippen LogP contribution < -0.4 is 5.32 Å². The molecule has 0 aliphatic heterocycles. The molecule has 5 nitrogen and oxygen atoms in total. The monoisotopic (exact) mass is 317 g/mol. The number of rotatable bonds is 3. The van der Waals surface area contributed by atoms with Crippen LogP contribution in [-0.2, 0) is 0 Å². The minimum absolute atomic E-state index is 0.275. The van der Waals surface area contributed by atoms with E-state index in [-0.39, 0.29) is 11.7 Å². The summed E-state index contributed by atoms with van der Waals surface area (Å²) in [6.45, 7) is 2.05. The van der Waals surface area contributed by atoms with Gasteiger partial charge < -0.3 is 14.1 Å². The number of pyridine rings is 1. The van der Waals surface area contributed by atoms with E-state index in [4.69, 9.17) is 4.42 Å². The maximum absolute atomic E-state index is 12.1. The Labute approximate surface area is 138 Å². The summed E-state index contributed by atoms with van der Waals surface area (Å²) in [7, 11) is 0. The molecule has 0 fully saturated rings. The minimum atomic E-state index is -0.275. The lowest BCUT2D eigenvalue weighted by Crippen LogP contribution is -2.10. The number of aromatic nitrogens is 2. The number of hydrogen-bond acceptors (Lipinski definition) is 3. The second kappa shape index (κ2) is 5.70. The average Bonchev–Trinajstić information content (AvgIpc) is 3.24. The molecule has 1 amide bonds. The Morgan fingerprint density at radius 2 is 2.04 bits per heavy atom. The van der Waals surface area contributed by atoms with Gasteiger partial charge in [-0.2, -0.15) is 0 Å². The van der Waals surface area contributed by atoms with Crippen LogP contribution in [0.5, 0.6) is 0 Å². The molecule has 3 heterocycles. The van der Waals surface area contributed by atoms with Gasteiger partial charge in [-0.1, -0.05) is 18.2 Å². The maximum atomic E-state index is 12.1. The van der Waals surface area contributed by atoms with Crippen LogP contribution in [0.15, 0.2) is 71.6 Å². The Kier molecular flexibility index (Phi) is 3.39. The van der Waals surface area contributed by atoms with E-state index in [1.165, 1.54) is 11.8 Å². The van der Waals surface area contributed by atoms with Crippen molar-refractivity contribution < 1.29 is 9.21 Å². The molecule has 118 valence electrons. The third-order valence-corrected chi connectivity index (χ3v) is 3.76. The summed E-state index contributed by atoms with van der Waals surface area (Å²) in [5.74, 6) is 0.00591. The van der Waals surface area contributed by atoms with Gasteiger partial charge in [0.1, 0.15) is 5.65 Å². The molecule has 0 unspecified atom stereocenters. The zero-order valence-electron chi connectivity index (χ0n) is 13.1. The third kappa shape index (κ3) is 2.67. The second-order valence-electron chi connectivity index (χ2n) is 5.61. The molecule has 1 aromatic carbocycles. The number of nitrogens with zero attached hydrogens (tertiary/aromatic N) is 2. The zero-order chi connectivity index (χ0) is 16.5. The first kappa shape index (κ1) is 14.3. The van der Waals surface area contributed by atoms with E-state index in [0.717, 1.165) is 16.9 Å². The number of imidazole rings is 1. The fourth-order valence-electron chi connectivity index (χ4n) is 2.60. The van der Waals surface area contributed by atoms with Crippen molar-refractivity contribution in [3.8, 4) is 11.3 Å². The van der Waals surface area contributed by atoms with Crippen LogP contribution in [0.1, 0.15) is 16.1 Å². The van der Waals surface area contributed by atoms with E-state index >= 15 is 0 Å². The largest absolute Gasteiger partial charge is 0.459 e. The number of furan rings is 1. The summed E-state index contributed by atoms with van der Waals surface area (Å²) in [5.41, 5.74) is 4.55. The number of benzene rings is 1. The number of amides is 1. The van der Waals surface area contributed by atoms with Gasteiger partial charge in [-0.3, -0.25) is 4.79 Å². The van der Waals surface area contributed by atoms with Gasteiger partial charge in [-0.25, -0.2) is 4.98 Å². The van der Waals surface area contributed by atoms with Gasteiger partial charge in [0.15, 0.2) is 5.76 Å². The number of nitrogens with one attached hydrogen (secondary N) is 1. The molecular formula is C19H15N3O2. The lowest BCUT2D eigenvalue weighted by Gasteiger charge is -2.04. The molecule has 0 radical (unpaired) electrons. The first-order valence-corrected chi connectivity index (χ1v) is 7.60. The summed E-state index contributed by atoms with van der Waals surface area (Å²) < 4.78 is 7.10. The van der Waals surface area contributed by atoms with Crippen molar-refractivity contribution in [2.45, 2.75) is 6.92 Å². The highest BCUT2D eigenvalue weighted by Gasteiger charge is 2.10. The van der Waals surface area contributed by atoms with Gasteiger partial charge in [-0.05, 0) is 42.8 Å². The molecule has 0 aliphatic rings. The predicted molar refractivity (Wildman–Crippen MR) is 92.0 cm³/mol. The van der Waals surface area contributed by atoms with Crippen LogP contribution in [0.4, 0.5) is 5.69 Å². The summed E-state index contributed by atoms with van der Waals surface area (Å²) >= 11 is 0. The van der Waals surface area contributed by atoms with E-state index in [1.807, 2.05) is 60.1 Å². The van der Waals surface area contributed by atoms with Gasteiger partial charge in [0.25, 0.3) is 5.91 Å². The van der Waals surface area contributed by atoms with Gasteiger partial charge in [-0.15, -0.1) is 0 Å². The van der Waals surface area contributed by atoms with Crippen molar-refractivity contribution in [1.29, 1.82) is 0 Å². The van der Waals surface area contributed by atoms with Crippen molar-refractivity contribution in [3.05, 3.63) is 78.5 Å². The maximum Gasteiger partial charge on any atom is 0.291 e. The smallest absolute Gasteiger partial charge is 0.291 e. The summed E-state index contributed by atoms with van der Waals surface area (Å²) in [6, 6.07) is 14.9. The second-order valence-corrected chi connectivity index (χ2v) is 5.61. The molecule has 0 bridgehead atoms. The summed E-state index contributed by atoms with van der Waals surface area (Å²) in [4.78, 5) is 16.7. The minimum Gasteiger partial charge on any atom is -0.459 e. The van der Waals surface area contributed by atoms with Crippen molar-refractivity contribution in [1.82, 2.24) is 9.38 Å². The number of anilines is 1. The Morgan fingerprint density at radius 3 is 2.88 bits per heavy atom. The standard InChI is InChI=1S/C19H15N3O2/c1-13-7-8-18-21-16(12-22(18)11-13)14-4-2-5-15(10-14)20-19(23)17-6-3-9-24-17/h2-12H,1H3,(H,20,23).